The summed E-state index contributed by atoms with van der Waals surface area (Å²) in [5.74, 6) is 0.835. The molecular weight excluding hydrogens is 526 g/mol. The Balaban J connectivity index is 0.000000858. The number of carbonyl (C=O) groups excluding carboxylic acids is 3. The monoisotopic (exact) mass is 589 g/mol. The number of nitrogen functional groups attached to an aromatic ring is 1. The molecule has 3 unspecified atom stereocenters. The van der Waals surface area contributed by atoms with Gasteiger partial charge >= 0.3 is 11.9 Å². The van der Waals surface area contributed by atoms with Gasteiger partial charge in [0, 0.05) is 17.7 Å². The van der Waals surface area contributed by atoms with E-state index >= 15 is 0 Å². The molecule has 0 bridgehead atoms. The number of carbonyl (C=O) groups is 3. The number of hydrogen-bond acceptors (Lipinski definition) is 6. The van der Waals surface area contributed by atoms with Crippen molar-refractivity contribution in [1.29, 1.82) is 0 Å². The van der Waals surface area contributed by atoms with Crippen molar-refractivity contribution >= 4 is 23.4 Å². The number of esters is 2. The lowest BCUT2D eigenvalue weighted by atomic mass is 9.95. The van der Waals surface area contributed by atoms with Gasteiger partial charge in [-0.15, -0.1) is 0 Å². The van der Waals surface area contributed by atoms with E-state index in [4.69, 9.17) is 15.2 Å². The smallest absolute Gasteiger partial charge is 0.309 e. The number of unbranched alkanes of at least 4 members (excludes halogenated alkanes) is 2. The fraction of sp³-hybridized carbons (Fsp3) is 0.750. The Morgan fingerprint density at radius 3 is 1.64 bits per heavy atom. The van der Waals surface area contributed by atoms with Gasteiger partial charge in [0.05, 0.1) is 25.6 Å². The average Bonchev–Trinajstić information content (AvgIpc) is 2.99. The van der Waals surface area contributed by atoms with Crippen molar-refractivity contribution in [1.82, 2.24) is 0 Å². The molecule has 0 aliphatic heterocycles. The van der Waals surface area contributed by atoms with Crippen molar-refractivity contribution in [2.45, 2.75) is 138 Å². The molecule has 0 saturated heterocycles. The highest BCUT2D eigenvalue weighted by Crippen LogP contribution is 2.18. The van der Waals surface area contributed by atoms with E-state index in [-0.39, 0.29) is 24.1 Å². The fourth-order valence-corrected chi connectivity index (χ4v) is 4.80. The quantitative estimate of drug-likeness (QED) is 0.0822. The molecule has 0 heterocycles. The zero-order valence-corrected chi connectivity index (χ0v) is 28.1. The average molecular weight is 590 g/mol. The normalized spacial score (nSPS) is 13.0. The summed E-state index contributed by atoms with van der Waals surface area (Å²) < 4.78 is 10.8. The first kappa shape index (κ1) is 39.6. The second kappa shape index (κ2) is 25.2. The van der Waals surface area contributed by atoms with Gasteiger partial charge < -0.3 is 15.2 Å². The summed E-state index contributed by atoms with van der Waals surface area (Å²) >= 11 is 0. The SMILES string of the molecule is CCC(CC)CCCC(=O)c1ccc(N)cc1.CCCCC(CC)COC(=O)CC(C)C(=O)OCC(CC)CCCC. The van der Waals surface area contributed by atoms with Crippen LogP contribution in [0.15, 0.2) is 24.3 Å². The molecule has 0 aliphatic rings. The highest BCUT2D eigenvalue weighted by Gasteiger charge is 2.21. The number of anilines is 1. The molecule has 0 fully saturated rings. The first-order valence-electron chi connectivity index (χ1n) is 16.9. The van der Waals surface area contributed by atoms with Crippen molar-refractivity contribution < 1.29 is 23.9 Å². The van der Waals surface area contributed by atoms with Gasteiger partial charge in [-0.05, 0) is 61.3 Å². The molecule has 0 saturated carbocycles. The van der Waals surface area contributed by atoms with Gasteiger partial charge in [-0.25, -0.2) is 0 Å². The molecule has 0 radical (unpaired) electrons. The zero-order chi connectivity index (χ0) is 31.8. The van der Waals surface area contributed by atoms with Crippen LogP contribution in [0.1, 0.15) is 149 Å². The Morgan fingerprint density at radius 1 is 0.690 bits per heavy atom. The summed E-state index contributed by atoms with van der Waals surface area (Å²) in [6.45, 7) is 15.7. The second-order valence-electron chi connectivity index (χ2n) is 11.9. The van der Waals surface area contributed by atoms with E-state index in [1.807, 2.05) is 12.1 Å². The fourth-order valence-electron chi connectivity index (χ4n) is 4.80. The Hall–Kier alpha value is -2.37. The Morgan fingerprint density at radius 2 is 1.17 bits per heavy atom. The molecule has 242 valence electrons. The maximum atomic E-state index is 12.1. The summed E-state index contributed by atoms with van der Waals surface area (Å²) in [5.41, 5.74) is 7.08. The van der Waals surface area contributed by atoms with Crippen molar-refractivity contribution in [3.05, 3.63) is 29.8 Å². The largest absolute Gasteiger partial charge is 0.465 e. The van der Waals surface area contributed by atoms with Gasteiger partial charge in [-0.3, -0.25) is 14.4 Å². The Kier molecular flexibility index (Phi) is 23.7. The zero-order valence-electron chi connectivity index (χ0n) is 28.1. The summed E-state index contributed by atoms with van der Waals surface area (Å²) in [6, 6.07) is 7.20. The third-order valence-electron chi connectivity index (χ3n) is 8.31. The lowest BCUT2D eigenvalue weighted by Crippen LogP contribution is -2.23. The number of hydrogen-bond donors (Lipinski definition) is 1. The van der Waals surface area contributed by atoms with Crippen LogP contribution >= 0.6 is 0 Å². The predicted octanol–water partition coefficient (Wildman–Crippen LogP) is 9.59. The van der Waals surface area contributed by atoms with Crippen LogP contribution in [0.4, 0.5) is 5.69 Å². The Bertz CT molecular complexity index is 834. The first-order valence-corrected chi connectivity index (χ1v) is 16.9. The van der Waals surface area contributed by atoms with E-state index in [0.717, 1.165) is 75.7 Å². The number of rotatable bonds is 22. The lowest BCUT2D eigenvalue weighted by Gasteiger charge is -2.18. The maximum absolute atomic E-state index is 12.1. The van der Waals surface area contributed by atoms with Crippen molar-refractivity contribution in [2.24, 2.45) is 23.7 Å². The number of ketones is 1. The predicted molar refractivity (Wildman–Crippen MR) is 175 cm³/mol. The van der Waals surface area contributed by atoms with Crippen molar-refractivity contribution in [3.63, 3.8) is 0 Å². The lowest BCUT2D eigenvalue weighted by molar-refractivity contribution is -0.156. The van der Waals surface area contributed by atoms with Gasteiger partial charge in [0.15, 0.2) is 5.78 Å². The van der Waals surface area contributed by atoms with Gasteiger partial charge in [-0.2, -0.15) is 0 Å². The molecule has 0 amide bonds. The summed E-state index contributed by atoms with van der Waals surface area (Å²) in [5, 5.41) is 0. The molecule has 3 atom stereocenters. The van der Waals surface area contributed by atoms with Crippen LogP contribution in [0.3, 0.4) is 0 Å². The molecule has 1 rings (SSSR count). The van der Waals surface area contributed by atoms with E-state index in [0.29, 0.717) is 37.2 Å². The van der Waals surface area contributed by atoms with Crippen LogP contribution in [0, 0.1) is 23.7 Å². The van der Waals surface area contributed by atoms with E-state index < -0.39 is 5.92 Å². The highest BCUT2D eigenvalue weighted by atomic mass is 16.5. The third-order valence-corrected chi connectivity index (χ3v) is 8.31. The molecule has 6 nitrogen and oxygen atoms in total. The molecule has 6 heteroatoms. The summed E-state index contributed by atoms with van der Waals surface area (Å²) in [7, 11) is 0. The third kappa shape index (κ3) is 18.9. The molecule has 0 aromatic heterocycles. The number of Topliss-reactive ketones (excluding diaryl/α,β-unsaturated/α-hetero) is 1. The van der Waals surface area contributed by atoms with Crippen molar-refractivity contribution in [3.8, 4) is 0 Å². The second-order valence-corrected chi connectivity index (χ2v) is 11.9. The van der Waals surface area contributed by atoms with Crippen LogP contribution in [0.5, 0.6) is 0 Å². The summed E-state index contributed by atoms with van der Waals surface area (Å²) in [4.78, 5) is 35.9. The summed E-state index contributed by atoms with van der Waals surface area (Å²) in [6.07, 6.45) is 14.2. The van der Waals surface area contributed by atoms with Crippen LogP contribution in [-0.2, 0) is 19.1 Å². The van der Waals surface area contributed by atoms with Gasteiger partial charge in [-0.1, -0.05) is 106 Å². The van der Waals surface area contributed by atoms with Crippen LogP contribution < -0.4 is 5.73 Å². The molecule has 0 spiro atoms. The van der Waals surface area contributed by atoms with Crippen LogP contribution in [0.2, 0.25) is 0 Å². The van der Waals surface area contributed by atoms with E-state index in [1.165, 1.54) is 12.8 Å². The molecule has 1 aromatic rings. The molecular formula is C36H63NO5. The minimum Gasteiger partial charge on any atom is -0.465 e. The minimum atomic E-state index is -0.438. The number of benzene rings is 1. The van der Waals surface area contributed by atoms with Crippen LogP contribution in [-0.4, -0.2) is 30.9 Å². The molecule has 1 aromatic carbocycles. The minimum absolute atomic E-state index is 0.106. The molecule has 42 heavy (non-hydrogen) atoms. The maximum Gasteiger partial charge on any atom is 0.309 e. The standard InChI is InChI=1S/C21H40O4.C15H23NO/c1-6-10-12-18(8-3)15-24-20(22)14-17(5)21(23)25-16-19(9-4)13-11-7-2;1-3-12(4-2)6-5-7-15(17)13-8-10-14(16)11-9-13/h17-19H,6-16H2,1-5H3;8-12H,3-7,16H2,1-2H3. The topological polar surface area (TPSA) is 95.7 Å². The van der Waals surface area contributed by atoms with Crippen molar-refractivity contribution in [2.75, 3.05) is 18.9 Å². The molecule has 0 aliphatic carbocycles. The highest BCUT2D eigenvalue weighted by molar-refractivity contribution is 5.96. The van der Waals surface area contributed by atoms with Gasteiger partial charge in [0.2, 0.25) is 0 Å². The van der Waals surface area contributed by atoms with E-state index in [1.54, 1.807) is 19.1 Å². The number of ether oxygens (including phenoxy) is 2. The van der Waals surface area contributed by atoms with Crippen LogP contribution in [0.25, 0.3) is 0 Å². The van der Waals surface area contributed by atoms with Gasteiger partial charge in [0.1, 0.15) is 0 Å². The first-order chi connectivity index (χ1) is 20.1. The van der Waals surface area contributed by atoms with Gasteiger partial charge in [0.25, 0.3) is 0 Å². The van der Waals surface area contributed by atoms with E-state index in [9.17, 15) is 14.4 Å². The van der Waals surface area contributed by atoms with E-state index in [2.05, 4.69) is 41.5 Å². The number of nitrogens with two attached hydrogens (primary N) is 1. The Labute approximate surface area is 257 Å². The molecule has 2 N–H and O–H groups in total.